The van der Waals surface area contributed by atoms with Gasteiger partial charge in [0.05, 0.1) is 9.79 Å². The van der Waals surface area contributed by atoms with Gasteiger partial charge >= 0.3 is 0 Å². The summed E-state index contributed by atoms with van der Waals surface area (Å²) in [5.41, 5.74) is 0.648. The Morgan fingerprint density at radius 2 is 1.68 bits per heavy atom. The smallest absolute Gasteiger partial charge is 0.254 e. The van der Waals surface area contributed by atoms with Gasteiger partial charge in [0.25, 0.3) is 5.91 Å². The number of nitrogens with zero attached hydrogens (tertiary/aromatic N) is 1. The lowest BCUT2D eigenvalue weighted by Gasteiger charge is -2.31. The quantitative estimate of drug-likeness (QED) is 0.655. The predicted octanol–water partition coefficient (Wildman–Crippen LogP) is 3.86. The number of ketones is 1. The van der Waals surface area contributed by atoms with E-state index in [9.17, 15) is 18.0 Å². The van der Waals surface area contributed by atoms with Gasteiger partial charge in [-0.1, -0.05) is 26.0 Å². The molecule has 5 nitrogen and oxygen atoms in total. The Hall–Kier alpha value is -2.47. The highest BCUT2D eigenvalue weighted by atomic mass is 32.2. The van der Waals surface area contributed by atoms with E-state index in [0.29, 0.717) is 5.56 Å². The first-order valence-corrected chi connectivity index (χ1v) is 11.2. The van der Waals surface area contributed by atoms with Crippen LogP contribution in [0.15, 0.2) is 52.3 Å². The third-order valence-electron chi connectivity index (χ3n) is 5.69. The summed E-state index contributed by atoms with van der Waals surface area (Å²) in [6, 6.07) is 11.0. The van der Waals surface area contributed by atoms with Crippen LogP contribution in [0.5, 0.6) is 0 Å². The molecule has 2 aliphatic rings. The summed E-state index contributed by atoms with van der Waals surface area (Å²) in [6.45, 7) is 4.12. The fraction of sp³-hybridized carbons (Fsp3) is 0.364. The average molecular weight is 397 g/mol. The molecule has 1 saturated carbocycles. The van der Waals surface area contributed by atoms with Crippen molar-refractivity contribution in [1.29, 1.82) is 0 Å². The number of amides is 1. The molecule has 6 heteroatoms. The average Bonchev–Trinajstić information content (AvgIpc) is 3.54. The minimum atomic E-state index is -3.84. The SMILES string of the molecule is CCC(CC)N(C(=O)c1ccc2c(c1)S(=O)(=O)c1ccccc1C2=O)C1CC1. The maximum absolute atomic E-state index is 13.3. The minimum absolute atomic E-state index is 0.0103. The molecule has 1 aliphatic carbocycles. The standard InChI is InChI=1S/C22H23NO4S/c1-3-15(4-2)23(16-10-11-16)22(25)14-9-12-18-20(13-14)28(26,27)19-8-6-5-7-17(19)21(18)24/h5-9,12-13,15-16H,3-4,10-11H2,1-2H3. The molecule has 28 heavy (non-hydrogen) atoms. The van der Waals surface area contributed by atoms with E-state index in [1.165, 1.54) is 24.3 Å². The van der Waals surface area contributed by atoms with Gasteiger partial charge in [-0.05, 0) is 56.0 Å². The van der Waals surface area contributed by atoms with Gasteiger partial charge in [0.1, 0.15) is 0 Å². The summed E-state index contributed by atoms with van der Waals surface area (Å²) in [7, 11) is -3.84. The highest BCUT2D eigenvalue weighted by Crippen LogP contribution is 2.36. The molecule has 0 aromatic heterocycles. The Kier molecular flexibility index (Phi) is 4.62. The molecule has 1 amide bonds. The van der Waals surface area contributed by atoms with Crippen LogP contribution in [0.4, 0.5) is 0 Å². The molecular weight excluding hydrogens is 374 g/mol. The third-order valence-corrected chi connectivity index (χ3v) is 7.55. The summed E-state index contributed by atoms with van der Waals surface area (Å²) < 4.78 is 26.2. The number of sulfone groups is 1. The van der Waals surface area contributed by atoms with Gasteiger partial charge in [0.15, 0.2) is 5.78 Å². The monoisotopic (exact) mass is 397 g/mol. The van der Waals surface area contributed by atoms with E-state index in [4.69, 9.17) is 0 Å². The maximum Gasteiger partial charge on any atom is 0.254 e. The Morgan fingerprint density at radius 3 is 2.32 bits per heavy atom. The summed E-state index contributed by atoms with van der Waals surface area (Å²) in [6.07, 6.45) is 3.68. The number of hydrogen-bond acceptors (Lipinski definition) is 4. The molecule has 0 bridgehead atoms. The lowest BCUT2D eigenvalue weighted by Crippen LogP contribution is -2.41. The van der Waals surface area contributed by atoms with Crippen LogP contribution in [0.25, 0.3) is 0 Å². The zero-order valence-corrected chi connectivity index (χ0v) is 16.8. The number of carbonyl (C=O) groups is 2. The number of hydrogen-bond donors (Lipinski definition) is 0. The van der Waals surface area contributed by atoms with Gasteiger partial charge in [0.2, 0.25) is 9.84 Å². The summed E-state index contributed by atoms with van der Waals surface area (Å²) in [5.74, 6) is -0.473. The van der Waals surface area contributed by atoms with Gasteiger partial charge in [-0.15, -0.1) is 0 Å². The zero-order valence-electron chi connectivity index (χ0n) is 16.0. The second-order valence-corrected chi connectivity index (χ2v) is 9.34. The first-order chi connectivity index (χ1) is 13.4. The van der Waals surface area contributed by atoms with Crippen LogP contribution < -0.4 is 0 Å². The lowest BCUT2D eigenvalue weighted by atomic mass is 10.00. The fourth-order valence-electron chi connectivity index (χ4n) is 4.03. The molecule has 0 N–H and O–H groups in total. The molecule has 0 saturated heterocycles. The highest BCUT2D eigenvalue weighted by Gasteiger charge is 2.39. The molecule has 1 fully saturated rings. The van der Waals surface area contributed by atoms with Crippen molar-refractivity contribution in [3.05, 3.63) is 59.2 Å². The third kappa shape index (κ3) is 2.87. The molecular formula is C22H23NO4S. The van der Waals surface area contributed by atoms with E-state index in [-0.39, 0.29) is 44.7 Å². The molecule has 2 aromatic carbocycles. The second-order valence-electron chi connectivity index (χ2n) is 7.45. The van der Waals surface area contributed by atoms with Crippen LogP contribution in [-0.4, -0.2) is 37.1 Å². The molecule has 4 rings (SSSR count). The van der Waals surface area contributed by atoms with Crippen LogP contribution in [0.2, 0.25) is 0 Å². The maximum atomic E-state index is 13.3. The molecule has 0 spiro atoms. The Bertz CT molecular complexity index is 1070. The highest BCUT2D eigenvalue weighted by molar-refractivity contribution is 7.91. The Balaban J connectivity index is 1.80. The van der Waals surface area contributed by atoms with Gasteiger partial charge in [-0.2, -0.15) is 0 Å². The van der Waals surface area contributed by atoms with E-state index in [2.05, 4.69) is 13.8 Å². The van der Waals surface area contributed by atoms with Crippen LogP contribution in [-0.2, 0) is 9.84 Å². The van der Waals surface area contributed by atoms with Crippen LogP contribution in [0, 0.1) is 0 Å². The largest absolute Gasteiger partial charge is 0.333 e. The first kappa shape index (κ1) is 18.9. The van der Waals surface area contributed by atoms with Crippen molar-refractivity contribution in [2.75, 3.05) is 0 Å². The van der Waals surface area contributed by atoms with Gasteiger partial charge in [-0.25, -0.2) is 8.42 Å². The molecule has 1 heterocycles. The van der Waals surface area contributed by atoms with Crippen molar-refractivity contribution in [1.82, 2.24) is 4.90 Å². The number of fused-ring (bicyclic) bond motifs is 2. The lowest BCUT2D eigenvalue weighted by molar-refractivity contribution is 0.0648. The van der Waals surface area contributed by atoms with Gasteiger partial charge in [0, 0.05) is 28.8 Å². The van der Waals surface area contributed by atoms with E-state index in [1.54, 1.807) is 18.2 Å². The number of benzene rings is 2. The van der Waals surface area contributed by atoms with Crippen molar-refractivity contribution in [3.63, 3.8) is 0 Å². The first-order valence-electron chi connectivity index (χ1n) is 9.75. The van der Waals surface area contributed by atoms with E-state index in [1.807, 2.05) is 4.90 Å². The molecule has 146 valence electrons. The summed E-state index contributed by atoms with van der Waals surface area (Å²) in [4.78, 5) is 27.9. The van der Waals surface area contributed by atoms with Crippen molar-refractivity contribution in [2.45, 2.75) is 61.4 Å². The van der Waals surface area contributed by atoms with E-state index in [0.717, 1.165) is 25.7 Å². The molecule has 0 radical (unpaired) electrons. The second kappa shape index (κ2) is 6.85. The molecule has 0 atom stereocenters. The minimum Gasteiger partial charge on any atom is -0.333 e. The Labute approximate surface area is 165 Å². The zero-order chi connectivity index (χ0) is 20.1. The van der Waals surface area contributed by atoms with Crippen molar-refractivity contribution in [3.8, 4) is 0 Å². The number of rotatable bonds is 5. The normalized spacial score (nSPS) is 17.2. The van der Waals surface area contributed by atoms with Gasteiger partial charge in [-0.3, -0.25) is 9.59 Å². The predicted molar refractivity (Wildman–Crippen MR) is 105 cm³/mol. The van der Waals surface area contributed by atoms with Crippen LogP contribution in [0.3, 0.4) is 0 Å². The van der Waals surface area contributed by atoms with Crippen LogP contribution >= 0.6 is 0 Å². The van der Waals surface area contributed by atoms with Crippen LogP contribution in [0.1, 0.15) is 65.8 Å². The van der Waals surface area contributed by atoms with Crippen molar-refractivity contribution < 1.29 is 18.0 Å². The summed E-state index contributed by atoms with van der Waals surface area (Å²) >= 11 is 0. The van der Waals surface area contributed by atoms with Crippen molar-refractivity contribution in [2.24, 2.45) is 0 Å². The molecule has 1 aliphatic heterocycles. The molecule has 2 aromatic rings. The number of carbonyl (C=O) groups excluding carboxylic acids is 2. The Morgan fingerprint density at radius 1 is 1.04 bits per heavy atom. The summed E-state index contributed by atoms with van der Waals surface area (Å²) in [5, 5.41) is 0. The van der Waals surface area contributed by atoms with E-state index < -0.39 is 9.84 Å². The van der Waals surface area contributed by atoms with Crippen molar-refractivity contribution >= 4 is 21.5 Å². The topological polar surface area (TPSA) is 71.5 Å². The fourth-order valence-corrected chi connectivity index (χ4v) is 5.71. The molecule has 0 unspecified atom stereocenters. The van der Waals surface area contributed by atoms with Gasteiger partial charge < -0.3 is 4.90 Å². The van der Waals surface area contributed by atoms with E-state index >= 15 is 0 Å².